The molecule has 2 aromatic carbocycles. The number of anilines is 4. The zero-order chi connectivity index (χ0) is 22.3. The van der Waals surface area contributed by atoms with Crippen LogP contribution in [0, 0.1) is 0 Å². The second kappa shape index (κ2) is 10.5. The van der Waals surface area contributed by atoms with Gasteiger partial charge in [0.25, 0.3) is 0 Å². The van der Waals surface area contributed by atoms with Crippen LogP contribution < -0.4 is 10.6 Å². The number of rotatable bonds is 9. The molecule has 0 amide bonds. The molecule has 0 fully saturated rings. The first kappa shape index (κ1) is 22.9. The fourth-order valence-corrected chi connectivity index (χ4v) is 3.18. The van der Waals surface area contributed by atoms with E-state index in [-0.39, 0.29) is 11.8 Å². The van der Waals surface area contributed by atoms with Crippen LogP contribution in [0.25, 0.3) is 0 Å². The molecule has 1 heterocycles. The smallest absolute Gasteiger partial charge is 0.340 e. The third kappa shape index (κ3) is 6.85. The van der Waals surface area contributed by atoms with Gasteiger partial charge in [0, 0.05) is 22.6 Å². The molecule has 31 heavy (non-hydrogen) atoms. The van der Waals surface area contributed by atoms with Crippen molar-refractivity contribution in [1.29, 1.82) is 0 Å². The highest BCUT2D eigenvalue weighted by molar-refractivity contribution is 6.30. The Kier molecular flexibility index (Phi) is 7.74. The summed E-state index contributed by atoms with van der Waals surface area (Å²) in [6.45, 7) is 2.18. The van der Waals surface area contributed by atoms with E-state index in [1.807, 2.05) is 24.3 Å². The summed E-state index contributed by atoms with van der Waals surface area (Å²) in [4.78, 5) is 7.90. The molecule has 0 saturated carbocycles. The molecule has 0 saturated heterocycles. The molecule has 0 aliphatic rings. The number of halogens is 4. The zero-order valence-corrected chi connectivity index (χ0v) is 17.9. The van der Waals surface area contributed by atoms with Crippen LogP contribution in [0.15, 0.2) is 54.7 Å². The van der Waals surface area contributed by atoms with Gasteiger partial charge >= 0.3 is 6.18 Å². The molecule has 3 aromatic rings. The van der Waals surface area contributed by atoms with Crippen LogP contribution in [-0.2, 0) is 12.6 Å². The molecule has 0 aliphatic heterocycles. The summed E-state index contributed by atoms with van der Waals surface area (Å²) in [6, 6.07) is 14.1. The van der Waals surface area contributed by atoms with Crippen LogP contribution in [-0.4, -0.2) is 9.97 Å². The molecule has 0 atom stereocenters. The highest BCUT2D eigenvalue weighted by Crippen LogP contribution is 2.35. The topological polar surface area (TPSA) is 49.8 Å². The number of hydrogen-bond acceptors (Lipinski definition) is 4. The zero-order valence-electron chi connectivity index (χ0n) is 17.1. The molecule has 8 heteroatoms. The first-order valence-electron chi connectivity index (χ1n) is 10.2. The maximum atomic E-state index is 13.4. The largest absolute Gasteiger partial charge is 0.421 e. The predicted molar refractivity (Wildman–Crippen MR) is 119 cm³/mol. The lowest BCUT2D eigenvalue weighted by molar-refractivity contribution is -0.137. The van der Waals surface area contributed by atoms with Gasteiger partial charge in [-0.3, -0.25) is 0 Å². The van der Waals surface area contributed by atoms with Crippen molar-refractivity contribution in [3.05, 3.63) is 70.9 Å². The highest BCUT2D eigenvalue weighted by atomic mass is 35.5. The van der Waals surface area contributed by atoms with Gasteiger partial charge in [-0.25, -0.2) is 4.98 Å². The quantitative estimate of drug-likeness (QED) is 0.328. The lowest BCUT2D eigenvalue weighted by atomic mass is 10.1. The number of nitrogens with one attached hydrogen (secondary N) is 2. The van der Waals surface area contributed by atoms with Crippen LogP contribution >= 0.6 is 11.6 Å². The summed E-state index contributed by atoms with van der Waals surface area (Å²) in [5.74, 6) is -0.264. The summed E-state index contributed by atoms with van der Waals surface area (Å²) in [5.41, 5.74) is 1.41. The van der Waals surface area contributed by atoms with Crippen LogP contribution in [0.5, 0.6) is 0 Å². The van der Waals surface area contributed by atoms with E-state index in [4.69, 9.17) is 11.6 Å². The molecule has 3 rings (SSSR count). The van der Waals surface area contributed by atoms with Crippen molar-refractivity contribution in [3.8, 4) is 0 Å². The Morgan fingerprint density at radius 3 is 2.16 bits per heavy atom. The summed E-state index contributed by atoms with van der Waals surface area (Å²) in [7, 11) is 0. The molecule has 1 aromatic heterocycles. The molecule has 4 nitrogen and oxygen atoms in total. The van der Waals surface area contributed by atoms with Crippen molar-refractivity contribution in [2.75, 3.05) is 10.6 Å². The first-order valence-corrected chi connectivity index (χ1v) is 10.6. The van der Waals surface area contributed by atoms with Gasteiger partial charge < -0.3 is 10.6 Å². The van der Waals surface area contributed by atoms with E-state index < -0.39 is 11.7 Å². The lowest BCUT2D eigenvalue weighted by Crippen LogP contribution is -2.12. The SMILES string of the molecule is CCCCCCc1ccc(Nc2ncc(C(F)(F)F)c(Nc3ccc(Cl)cc3)n2)cc1. The molecule has 2 N–H and O–H groups in total. The molecular formula is C23H24ClF3N4. The van der Waals surface area contributed by atoms with Gasteiger partial charge in [0.2, 0.25) is 5.95 Å². The Morgan fingerprint density at radius 1 is 0.871 bits per heavy atom. The summed E-state index contributed by atoms with van der Waals surface area (Å²) in [6.07, 6.45) is 1.97. The van der Waals surface area contributed by atoms with Gasteiger partial charge in [0.15, 0.2) is 0 Å². The number of aryl methyl sites for hydroxylation is 1. The van der Waals surface area contributed by atoms with E-state index >= 15 is 0 Å². The monoisotopic (exact) mass is 448 g/mol. The molecule has 0 bridgehead atoms. The van der Waals surface area contributed by atoms with E-state index in [0.29, 0.717) is 16.4 Å². The fraction of sp³-hybridized carbons (Fsp3) is 0.304. The molecule has 164 valence electrons. The van der Waals surface area contributed by atoms with Crippen LogP contribution in [0.1, 0.15) is 43.7 Å². The molecule has 0 unspecified atom stereocenters. The van der Waals surface area contributed by atoms with Gasteiger partial charge in [0.1, 0.15) is 11.4 Å². The van der Waals surface area contributed by atoms with E-state index in [9.17, 15) is 13.2 Å². The number of hydrogen-bond donors (Lipinski definition) is 2. The third-order valence-electron chi connectivity index (χ3n) is 4.73. The number of aromatic nitrogens is 2. The Labute approximate surface area is 184 Å². The average molecular weight is 449 g/mol. The maximum Gasteiger partial charge on any atom is 0.421 e. The third-order valence-corrected chi connectivity index (χ3v) is 4.98. The van der Waals surface area contributed by atoms with E-state index in [1.54, 1.807) is 24.3 Å². The normalized spacial score (nSPS) is 11.4. The minimum Gasteiger partial charge on any atom is -0.340 e. The molecule has 0 radical (unpaired) electrons. The number of unbranched alkanes of at least 4 members (excludes halogenated alkanes) is 3. The van der Waals surface area contributed by atoms with E-state index in [1.165, 1.54) is 24.8 Å². The van der Waals surface area contributed by atoms with Gasteiger partial charge in [-0.05, 0) is 54.8 Å². The fourth-order valence-electron chi connectivity index (χ4n) is 3.05. The van der Waals surface area contributed by atoms with Gasteiger partial charge in [0.05, 0.1) is 0 Å². The van der Waals surface area contributed by atoms with Crippen molar-refractivity contribution in [1.82, 2.24) is 9.97 Å². The first-order chi connectivity index (χ1) is 14.8. The van der Waals surface area contributed by atoms with Crippen molar-refractivity contribution >= 4 is 34.7 Å². The Bertz CT molecular complexity index is 974. The Hall–Kier alpha value is -2.80. The van der Waals surface area contributed by atoms with Crippen LogP contribution in [0.2, 0.25) is 5.02 Å². The number of nitrogens with zero attached hydrogens (tertiary/aromatic N) is 2. The summed E-state index contributed by atoms with van der Waals surface area (Å²) < 4.78 is 40.2. The maximum absolute atomic E-state index is 13.4. The van der Waals surface area contributed by atoms with Gasteiger partial charge in [-0.15, -0.1) is 0 Å². The van der Waals surface area contributed by atoms with Crippen LogP contribution in [0.4, 0.5) is 36.3 Å². The second-order valence-corrected chi connectivity index (χ2v) is 7.65. The van der Waals surface area contributed by atoms with Crippen molar-refractivity contribution in [2.24, 2.45) is 0 Å². The summed E-state index contributed by atoms with van der Waals surface area (Å²) in [5, 5.41) is 6.16. The summed E-state index contributed by atoms with van der Waals surface area (Å²) >= 11 is 5.84. The Morgan fingerprint density at radius 2 is 1.52 bits per heavy atom. The number of benzene rings is 2. The lowest BCUT2D eigenvalue weighted by Gasteiger charge is -2.15. The molecule has 0 aliphatic carbocycles. The second-order valence-electron chi connectivity index (χ2n) is 7.22. The predicted octanol–water partition coefficient (Wildman–Crippen LogP) is 7.76. The number of alkyl halides is 3. The molecular weight excluding hydrogens is 425 g/mol. The minimum atomic E-state index is -4.59. The molecule has 0 spiro atoms. The van der Waals surface area contributed by atoms with Gasteiger partial charge in [-0.2, -0.15) is 18.2 Å². The average Bonchev–Trinajstić information content (AvgIpc) is 2.73. The Balaban J connectivity index is 1.74. The van der Waals surface area contributed by atoms with Crippen molar-refractivity contribution in [3.63, 3.8) is 0 Å². The van der Waals surface area contributed by atoms with Gasteiger partial charge in [-0.1, -0.05) is 49.9 Å². The standard InChI is InChI=1S/C23H24ClF3N4/c1-2-3-4-5-6-16-7-11-19(12-8-16)30-22-28-15-20(23(25,26)27)21(31-22)29-18-13-9-17(24)10-14-18/h7-15H,2-6H2,1H3,(H2,28,29,30,31). The minimum absolute atomic E-state index is 0.0696. The van der Waals surface area contributed by atoms with Crippen molar-refractivity contribution in [2.45, 2.75) is 45.2 Å². The highest BCUT2D eigenvalue weighted by Gasteiger charge is 2.35. The van der Waals surface area contributed by atoms with E-state index in [2.05, 4.69) is 27.5 Å². The van der Waals surface area contributed by atoms with E-state index in [0.717, 1.165) is 19.0 Å². The van der Waals surface area contributed by atoms with Crippen molar-refractivity contribution < 1.29 is 13.2 Å². The van der Waals surface area contributed by atoms with Crippen LogP contribution in [0.3, 0.4) is 0 Å².